The molecule has 0 radical (unpaired) electrons. The van der Waals surface area contributed by atoms with Gasteiger partial charge in [-0.2, -0.15) is 5.10 Å². The van der Waals surface area contributed by atoms with Gasteiger partial charge in [-0.3, -0.25) is 4.68 Å². The van der Waals surface area contributed by atoms with Crippen molar-refractivity contribution in [1.29, 1.82) is 0 Å². The van der Waals surface area contributed by atoms with Crippen LogP contribution >= 0.6 is 0 Å². The van der Waals surface area contributed by atoms with Crippen LogP contribution in [0.1, 0.15) is 29.4 Å². The SMILES string of the molecule is COC(=O)c1cn([C@H]2CCCN(c3ncnc4c3cnn4C)C2)nn1. The number of piperidine rings is 1. The van der Waals surface area contributed by atoms with E-state index in [-0.39, 0.29) is 11.7 Å². The molecule has 0 amide bonds. The van der Waals surface area contributed by atoms with E-state index in [2.05, 4.69) is 35.0 Å². The number of ether oxygens (including phenoxy) is 1. The standard InChI is InChI=1S/C15H18N8O2/c1-21-13-11(6-18-21)14(17-9-16-13)22-5-3-4-10(7-22)23-8-12(19-20-23)15(24)25-2/h6,8-10H,3-5,7H2,1-2H3/t10-/m0/s1. The number of anilines is 1. The molecule has 0 unspecified atom stereocenters. The number of nitrogens with zero attached hydrogens (tertiary/aromatic N) is 8. The number of aryl methyl sites for hydroxylation is 1. The molecule has 130 valence electrons. The van der Waals surface area contributed by atoms with E-state index < -0.39 is 5.97 Å². The molecule has 3 aromatic rings. The third-order valence-corrected chi connectivity index (χ3v) is 4.48. The maximum Gasteiger partial charge on any atom is 0.360 e. The van der Waals surface area contributed by atoms with Crippen LogP contribution in [0, 0.1) is 0 Å². The summed E-state index contributed by atoms with van der Waals surface area (Å²) in [5.41, 5.74) is 1.03. The molecule has 0 N–H and O–H groups in total. The summed E-state index contributed by atoms with van der Waals surface area (Å²) in [6.45, 7) is 1.63. The van der Waals surface area contributed by atoms with Crippen molar-refractivity contribution >= 4 is 22.8 Å². The monoisotopic (exact) mass is 342 g/mol. The van der Waals surface area contributed by atoms with Crippen LogP contribution in [0.2, 0.25) is 0 Å². The van der Waals surface area contributed by atoms with Crippen LogP contribution in [0.5, 0.6) is 0 Å². The highest BCUT2D eigenvalue weighted by molar-refractivity contribution is 5.87. The number of hydrogen-bond donors (Lipinski definition) is 0. The first-order valence-corrected chi connectivity index (χ1v) is 8.05. The Labute approximate surface area is 143 Å². The highest BCUT2D eigenvalue weighted by Crippen LogP contribution is 2.28. The van der Waals surface area contributed by atoms with Gasteiger partial charge in [0.1, 0.15) is 12.1 Å². The van der Waals surface area contributed by atoms with E-state index >= 15 is 0 Å². The van der Waals surface area contributed by atoms with E-state index in [9.17, 15) is 4.79 Å². The first-order valence-electron chi connectivity index (χ1n) is 8.05. The fourth-order valence-electron chi connectivity index (χ4n) is 3.22. The molecule has 0 aliphatic carbocycles. The van der Waals surface area contributed by atoms with Crippen LogP contribution in [-0.2, 0) is 11.8 Å². The van der Waals surface area contributed by atoms with E-state index in [1.807, 2.05) is 7.05 Å². The van der Waals surface area contributed by atoms with E-state index in [0.29, 0.717) is 0 Å². The van der Waals surface area contributed by atoms with E-state index in [1.165, 1.54) is 7.11 Å². The molecule has 4 rings (SSSR count). The predicted octanol–water partition coefficient (Wildman–Crippen LogP) is 0.583. The first kappa shape index (κ1) is 15.5. The molecule has 0 saturated carbocycles. The molecule has 1 aliphatic heterocycles. The molecule has 1 fully saturated rings. The largest absolute Gasteiger partial charge is 0.464 e. The molecule has 0 aromatic carbocycles. The molecule has 1 aliphatic rings. The maximum absolute atomic E-state index is 11.6. The minimum absolute atomic E-state index is 0.112. The van der Waals surface area contributed by atoms with Gasteiger partial charge in [0.25, 0.3) is 0 Å². The fourth-order valence-corrected chi connectivity index (χ4v) is 3.22. The van der Waals surface area contributed by atoms with Crippen LogP contribution in [0.4, 0.5) is 5.82 Å². The van der Waals surface area contributed by atoms with Gasteiger partial charge in [-0.25, -0.2) is 19.4 Å². The molecule has 0 spiro atoms. The Morgan fingerprint density at radius 3 is 3.08 bits per heavy atom. The third-order valence-electron chi connectivity index (χ3n) is 4.48. The summed E-state index contributed by atoms with van der Waals surface area (Å²) in [5.74, 6) is 0.392. The molecule has 10 heteroatoms. The maximum atomic E-state index is 11.6. The lowest BCUT2D eigenvalue weighted by atomic mass is 10.1. The van der Waals surface area contributed by atoms with Crippen LogP contribution in [-0.4, -0.2) is 60.9 Å². The van der Waals surface area contributed by atoms with Gasteiger partial charge < -0.3 is 9.64 Å². The predicted molar refractivity (Wildman–Crippen MR) is 88.1 cm³/mol. The second-order valence-corrected chi connectivity index (χ2v) is 6.02. The summed E-state index contributed by atoms with van der Waals surface area (Å²) in [7, 11) is 3.19. The van der Waals surface area contributed by atoms with Gasteiger partial charge in [-0.1, -0.05) is 5.21 Å². The topological polar surface area (TPSA) is 104 Å². The summed E-state index contributed by atoms with van der Waals surface area (Å²) in [6.07, 6.45) is 6.94. The van der Waals surface area contributed by atoms with Gasteiger partial charge in [-0.15, -0.1) is 5.10 Å². The molecule has 10 nitrogen and oxygen atoms in total. The molecular weight excluding hydrogens is 324 g/mol. The molecule has 4 heterocycles. The van der Waals surface area contributed by atoms with Crippen molar-refractivity contribution in [1.82, 2.24) is 34.7 Å². The van der Waals surface area contributed by atoms with Crippen LogP contribution in [0.3, 0.4) is 0 Å². The Balaban J connectivity index is 1.60. The minimum Gasteiger partial charge on any atom is -0.464 e. The molecule has 0 bridgehead atoms. The number of rotatable bonds is 3. The number of methoxy groups -OCH3 is 1. The summed E-state index contributed by atoms with van der Waals surface area (Å²) in [6, 6.07) is 0.112. The summed E-state index contributed by atoms with van der Waals surface area (Å²) < 4.78 is 8.16. The van der Waals surface area contributed by atoms with Gasteiger partial charge in [0.05, 0.1) is 30.9 Å². The van der Waals surface area contributed by atoms with Gasteiger partial charge in [0.15, 0.2) is 11.3 Å². The van der Waals surface area contributed by atoms with Crippen molar-refractivity contribution in [3.05, 3.63) is 24.4 Å². The van der Waals surface area contributed by atoms with Crippen LogP contribution in [0.15, 0.2) is 18.7 Å². The third kappa shape index (κ3) is 2.69. The lowest BCUT2D eigenvalue weighted by Crippen LogP contribution is -2.37. The van der Waals surface area contributed by atoms with Crippen LogP contribution in [0.25, 0.3) is 11.0 Å². The van der Waals surface area contributed by atoms with Gasteiger partial charge in [0.2, 0.25) is 0 Å². The Morgan fingerprint density at radius 2 is 2.24 bits per heavy atom. The zero-order valence-electron chi connectivity index (χ0n) is 14.0. The highest BCUT2D eigenvalue weighted by atomic mass is 16.5. The highest BCUT2D eigenvalue weighted by Gasteiger charge is 2.26. The molecule has 1 saturated heterocycles. The average Bonchev–Trinajstić information content (AvgIpc) is 3.29. The number of carbonyl (C=O) groups is 1. The van der Waals surface area contributed by atoms with Gasteiger partial charge in [0, 0.05) is 20.1 Å². The van der Waals surface area contributed by atoms with E-state index in [0.717, 1.165) is 42.8 Å². The normalized spacial score (nSPS) is 17.8. The molecular formula is C15H18N8O2. The van der Waals surface area contributed by atoms with Crippen molar-refractivity contribution in [3.8, 4) is 0 Å². The number of fused-ring (bicyclic) bond motifs is 1. The Bertz CT molecular complexity index is 917. The van der Waals surface area contributed by atoms with E-state index in [4.69, 9.17) is 0 Å². The zero-order chi connectivity index (χ0) is 17.4. The van der Waals surface area contributed by atoms with E-state index in [1.54, 1.807) is 28.1 Å². The Kier molecular flexibility index (Phi) is 3.79. The lowest BCUT2D eigenvalue weighted by molar-refractivity contribution is 0.0594. The summed E-state index contributed by atoms with van der Waals surface area (Å²) >= 11 is 0. The first-order chi connectivity index (χ1) is 12.2. The van der Waals surface area contributed by atoms with Crippen molar-refractivity contribution < 1.29 is 9.53 Å². The zero-order valence-corrected chi connectivity index (χ0v) is 14.0. The van der Waals surface area contributed by atoms with Crippen molar-refractivity contribution in [2.24, 2.45) is 7.05 Å². The van der Waals surface area contributed by atoms with Gasteiger partial charge >= 0.3 is 5.97 Å². The average molecular weight is 342 g/mol. The number of hydrogen-bond acceptors (Lipinski definition) is 8. The Morgan fingerprint density at radius 1 is 1.36 bits per heavy atom. The summed E-state index contributed by atoms with van der Waals surface area (Å²) in [5, 5.41) is 13.2. The second kappa shape index (κ2) is 6.11. The molecule has 3 aromatic heterocycles. The van der Waals surface area contributed by atoms with Crippen molar-refractivity contribution in [2.45, 2.75) is 18.9 Å². The molecule has 25 heavy (non-hydrogen) atoms. The fraction of sp³-hybridized carbons (Fsp3) is 0.467. The van der Waals surface area contributed by atoms with Crippen molar-refractivity contribution in [2.75, 3.05) is 25.1 Å². The number of aromatic nitrogens is 7. The number of carbonyl (C=O) groups excluding carboxylic acids is 1. The molecule has 1 atom stereocenters. The summed E-state index contributed by atoms with van der Waals surface area (Å²) in [4.78, 5) is 22.5. The van der Waals surface area contributed by atoms with Gasteiger partial charge in [-0.05, 0) is 12.8 Å². The van der Waals surface area contributed by atoms with Crippen molar-refractivity contribution in [3.63, 3.8) is 0 Å². The minimum atomic E-state index is -0.480. The second-order valence-electron chi connectivity index (χ2n) is 6.02. The Hall–Kier alpha value is -3.04. The number of esters is 1. The smallest absolute Gasteiger partial charge is 0.360 e. The quantitative estimate of drug-likeness (QED) is 0.637. The van der Waals surface area contributed by atoms with Crippen LogP contribution < -0.4 is 4.90 Å². The lowest BCUT2D eigenvalue weighted by Gasteiger charge is -2.33.